The average molecular weight is 231 g/mol. The number of nitrogen functional groups attached to an aromatic ring is 1. The number of benzene rings is 1. The van der Waals surface area contributed by atoms with Crippen molar-refractivity contribution >= 4 is 17.3 Å². The Balaban J connectivity index is 2.20. The van der Waals surface area contributed by atoms with E-state index in [0.29, 0.717) is 11.4 Å². The van der Waals surface area contributed by atoms with E-state index < -0.39 is 11.7 Å². The van der Waals surface area contributed by atoms with Crippen molar-refractivity contribution in [3.05, 3.63) is 54.1 Å². The Morgan fingerprint density at radius 3 is 2.76 bits per heavy atom. The lowest BCUT2D eigenvalue weighted by Gasteiger charge is -2.07. The minimum absolute atomic E-state index is 0.147. The monoisotopic (exact) mass is 231 g/mol. The van der Waals surface area contributed by atoms with Crippen molar-refractivity contribution in [2.75, 3.05) is 11.1 Å². The molecular weight excluding hydrogens is 221 g/mol. The first kappa shape index (κ1) is 11.1. The molecule has 0 spiro atoms. The van der Waals surface area contributed by atoms with E-state index in [4.69, 9.17) is 5.73 Å². The van der Waals surface area contributed by atoms with Crippen LogP contribution >= 0.6 is 0 Å². The van der Waals surface area contributed by atoms with Crippen LogP contribution < -0.4 is 11.1 Å². The molecule has 0 aliphatic rings. The highest BCUT2D eigenvalue weighted by Crippen LogP contribution is 2.17. The number of pyridine rings is 1. The molecular formula is C12H10FN3O. The number of carbonyl (C=O) groups excluding carboxylic acids is 1. The molecule has 1 aromatic heterocycles. The smallest absolute Gasteiger partial charge is 0.257 e. The summed E-state index contributed by atoms with van der Waals surface area (Å²) in [5.74, 6) is -1.01. The molecule has 1 heterocycles. The van der Waals surface area contributed by atoms with Gasteiger partial charge < -0.3 is 11.1 Å². The van der Waals surface area contributed by atoms with E-state index in [-0.39, 0.29) is 5.56 Å². The Kier molecular flexibility index (Phi) is 3.00. The van der Waals surface area contributed by atoms with E-state index in [1.165, 1.54) is 6.20 Å². The topological polar surface area (TPSA) is 68.0 Å². The Labute approximate surface area is 97.3 Å². The summed E-state index contributed by atoms with van der Waals surface area (Å²) in [5, 5.41) is 2.58. The van der Waals surface area contributed by atoms with Gasteiger partial charge in [-0.05, 0) is 18.2 Å². The van der Waals surface area contributed by atoms with Crippen molar-refractivity contribution < 1.29 is 9.18 Å². The number of aromatic nitrogens is 1. The van der Waals surface area contributed by atoms with Crippen LogP contribution in [0.15, 0.2) is 42.7 Å². The van der Waals surface area contributed by atoms with Gasteiger partial charge in [0.15, 0.2) is 0 Å². The van der Waals surface area contributed by atoms with Gasteiger partial charge in [-0.1, -0.05) is 12.1 Å². The molecule has 1 aromatic carbocycles. The summed E-state index contributed by atoms with van der Waals surface area (Å²) in [6.45, 7) is 0. The van der Waals surface area contributed by atoms with Gasteiger partial charge in [0, 0.05) is 6.20 Å². The van der Waals surface area contributed by atoms with Gasteiger partial charge >= 0.3 is 0 Å². The van der Waals surface area contributed by atoms with Gasteiger partial charge in [0.25, 0.3) is 5.91 Å². The van der Waals surface area contributed by atoms with Crippen molar-refractivity contribution in [3.8, 4) is 0 Å². The predicted octanol–water partition coefficient (Wildman–Crippen LogP) is 2.06. The highest BCUT2D eigenvalue weighted by atomic mass is 19.1. The minimum atomic E-state index is -0.557. The fraction of sp³-hybridized carbons (Fsp3) is 0. The van der Waals surface area contributed by atoms with Crippen molar-refractivity contribution in [2.24, 2.45) is 0 Å². The van der Waals surface area contributed by atoms with Gasteiger partial charge in [0.2, 0.25) is 0 Å². The second kappa shape index (κ2) is 4.61. The lowest BCUT2D eigenvalue weighted by molar-refractivity contribution is 0.102. The molecule has 5 heteroatoms. The first-order valence-electron chi connectivity index (χ1n) is 4.93. The molecule has 3 N–H and O–H groups in total. The molecule has 0 aliphatic carbocycles. The zero-order chi connectivity index (χ0) is 12.3. The number of anilines is 2. The quantitative estimate of drug-likeness (QED) is 0.777. The Morgan fingerprint density at radius 1 is 1.29 bits per heavy atom. The van der Waals surface area contributed by atoms with Crippen LogP contribution in [0.2, 0.25) is 0 Å². The molecule has 1 amide bonds. The molecule has 0 radical (unpaired) electrons. The summed E-state index contributed by atoms with van der Waals surface area (Å²) in [5.41, 5.74) is 6.76. The number of hydrogen-bond acceptors (Lipinski definition) is 3. The van der Waals surface area contributed by atoms with Crippen LogP contribution in [0.1, 0.15) is 10.4 Å². The zero-order valence-corrected chi connectivity index (χ0v) is 8.85. The van der Waals surface area contributed by atoms with E-state index in [9.17, 15) is 9.18 Å². The van der Waals surface area contributed by atoms with Crippen LogP contribution in [0.3, 0.4) is 0 Å². The molecule has 0 aliphatic heterocycles. The van der Waals surface area contributed by atoms with Crippen LogP contribution in [0.25, 0.3) is 0 Å². The number of halogens is 1. The number of nitrogens with zero attached hydrogens (tertiary/aromatic N) is 1. The maximum Gasteiger partial charge on any atom is 0.257 e. The van der Waals surface area contributed by atoms with E-state index in [2.05, 4.69) is 10.3 Å². The number of rotatable bonds is 2. The van der Waals surface area contributed by atoms with Crippen LogP contribution in [0, 0.1) is 5.82 Å². The average Bonchev–Trinajstić information content (AvgIpc) is 2.32. The van der Waals surface area contributed by atoms with Crippen LogP contribution in [0.5, 0.6) is 0 Å². The van der Waals surface area contributed by atoms with Crippen molar-refractivity contribution in [1.29, 1.82) is 0 Å². The summed E-state index contributed by atoms with van der Waals surface area (Å²) < 4.78 is 12.9. The highest BCUT2D eigenvalue weighted by molar-refractivity contribution is 6.05. The van der Waals surface area contributed by atoms with Crippen molar-refractivity contribution in [2.45, 2.75) is 0 Å². The van der Waals surface area contributed by atoms with E-state index in [1.54, 1.807) is 24.3 Å². The second-order valence-corrected chi connectivity index (χ2v) is 3.43. The summed E-state index contributed by atoms with van der Waals surface area (Å²) in [6, 6.07) is 7.95. The standard InChI is InChI=1S/C12H10FN3O/c13-9-5-8(6-15-7-9)12(17)16-11-4-2-1-3-10(11)14/h1-7H,14H2,(H,16,17). The molecule has 2 aromatic rings. The molecule has 2 rings (SSSR count). The SMILES string of the molecule is Nc1ccccc1NC(=O)c1cncc(F)c1. The Hall–Kier alpha value is -2.43. The normalized spacial score (nSPS) is 9.94. The predicted molar refractivity (Wildman–Crippen MR) is 63.0 cm³/mol. The molecule has 0 saturated carbocycles. The fourth-order valence-electron chi connectivity index (χ4n) is 1.34. The molecule has 0 atom stereocenters. The number of nitrogens with two attached hydrogens (primary N) is 1. The number of amides is 1. The van der Waals surface area contributed by atoms with Gasteiger partial charge in [-0.25, -0.2) is 4.39 Å². The largest absolute Gasteiger partial charge is 0.397 e. The molecule has 0 fully saturated rings. The molecule has 17 heavy (non-hydrogen) atoms. The lowest BCUT2D eigenvalue weighted by Crippen LogP contribution is -2.13. The van der Waals surface area contributed by atoms with Gasteiger partial charge in [0.1, 0.15) is 5.82 Å². The zero-order valence-electron chi connectivity index (χ0n) is 8.85. The molecule has 0 bridgehead atoms. The van der Waals surface area contributed by atoms with Crippen LogP contribution in [0.4, 0.5) is 15.8 Å². The number of para-hydroxylation sites is 2. The van der Waals surface area contributed by atoms with Gasteiger partial charge in [0.05, 0.1) is 23.1 Å². The highest BCUT2D eigenvalue weighted by Gasteiger charge is 2.08. The molecule has 0 saturated heterocycles. The minimum Gasteiger partial charge on any atom is -0.397 e. The van der Waals surface area contributed by atoms with E-state index in [0.717, 1.165) is 12.3 Å². The Bertz CT molecular complexity index is 557. The summed E-state index contributed by atoms with van der Waals surface area (Å²) in [7, 11) is 0. The van der Waals surface area contributed by atoms with Gasteiger partial charge in [-0.2, -0.15) is 0 Å². The first-order valence-corrected chi connectivity index (χ1v) is 4.93. The van der Waals surface area contributed by atoms with Crippen molar-refractivity contribution in [1.82, 2.24) is 4.98 Å². The third-order valence-corrected chi connectivity index (χ3v) is 2.18. The number of nitrogens with one attached hydrogen (secondary N) is 1. The summed E-state index contributed by atoms with van der Waals surface area (Å²) in [6.07, 6.45) is 2.32. The molecule has 4 nitrogen and oxygen atoms in total. The van der Waals surface area contributed by atoms with E-state index in [1.807, 2.05) is 0 Å². The number of hydrogen-bond donors (Lipinski definition) is 2. The fourth-order valence-corrected chi connectivity index (χ4v) is 1.34. The summed E-state index contributed by atoms with van der Waals surface area (Å²) in [4.78, 5) is 15.3. The maximum atomic E-state index is 12.9. The first-order chi connectivity index (χ1) is 8.16. The summed E-state index contributed by atoms with van der Waals surface area (Å²) >= 11 is 0. The lowest BCUT2D eigenvalue weighted by atomic mass is 10.2. The van der Waals surface area contributed by atoms with Crippen LogP contribution in [-0.4, -0.2) is 10.9 Å². The van der Waals surface area contributed by atoms with Gasteiger partial charge in [-0.15, -0.1) is 0 Å². The molecule has 86 valence electrons. The van der Waals surface area contributed by atoms with E-state index >= 15 is 0 Å². The van der Waals surface area contributed by atoms with Crippen molar-refractivity contribution in [3.63, 3.8) is 0 Å². The number of carbonyl (C=O) groups is 1. The maximum absolute atomic E-state index is 12.9. The third-order valence-electron chi connectivity index (χ3n) is 2.18. The van der Waals surface area contributed by atoms with Crippen LogP contribution in [-0.2, 0) is 0 Å². The molecule has 0 unspecified atom stereocenters. The third kappa shape index (κ3) is 2.57. The van der Waals surface area contributed by atoms with Gasteiger partial charge in [-0.3, -0.25) is 9.78 Å². The second-order valence-electron chi connectivity index (χ2n) is 3.43. The Morgan fingerprint density at radius 2 is 2.06 bits per heavy atom.